The number of hydrogen-bond acceptors (Lipinski definition) is 2. The number of aliphatic carboxylic acids is 1. The molecule has 0 radical (unpaired) electrons. The third-order valence-corrected chi connectivity index (χ3v) is 6.09. The fourth-order valence-corrected chi connectivity index (χ4v) is 4.35. The fraction of sp³-hybridized carbons (Fsp3) is 0.458. The molecule has 0 amide bonds. The summed E-state index contributed by atoms with van der Waals surface area (Å²) in [7, 11) is 0. The lowest BCUT2D eigenvalue weighted by atomic mass is 9.81. The molecule has 1 aliphatic heterocycles. The van der Waals surface area contributed by atoms with Gasteiger partial charge in [-0.05, 0) is 60.6 Å². The summed E-state index contributed by atoms with van der Waals surface area (Å²) in [6, 6.07) is 13.1. The van der Waals surface area contributed by atoms with Crippen LogP contribution in [0.15, 0.2) is 48.5 Å². The Morgan fingerprint density at radius 1 is 1.07 bits per heavy atom. The van der Waals surface area contributed by atoms with Crippen LogP contribution in [-0.2, 0) is 11.0 Å². The number of benzene rings is 2. The largest absolute Gasteiger partial charge is 0.481 e. The molecule has 0 aromatic heterocycles. The van der Waals surface area contributed by atoms with Gasteiger partial charge in [-0.15, -0.1) is 0 Å². The van der Waals surface area contributed by atoms with E-state index in [4.69, 9.17) is 0 Å². The van der Waals surface area contributed by atoms with Crippen LogP contribution in [0, 0.1) is 5.92 Å². The molecule has 1 fully saturated rings. The summed E-state index contributed by atoms with van der Waals surface area (Å²) in [4.78, 5) is 14.0. The van der Waals surface area contributed by atoms with Crippen LogP contribution in [0.2, 0.25) is 0 Å². The molecule has 0 bridgehead atoms. The van der Waals surface area contributed by atoms with Crippen LogP contribution in [0.1, 0.15) is 68.7 Å². The van der Waals surface area contributed by atoms with Crippen molar-refractivity contribution >= 4 is 11.7 Å². The molecule has 3 rings (SSSR count). The molecule has 6 heteroatoms. The average molecular weight is 419 g/mol. The van der Waals surface area contributed by atoms with Crippen molar-refractivity contribution in [2.24, 2.45) is 5.92 Å². The van der Waals surface area contributed by atoms with Gasteiger partial charge in [0.25, 0.3) is 0 Å². The zero-order valence-corrected chi connectivity index (χ0v) is 17.5. The van der Waals surface area contributed by atoms with E-state index in [0.717, 1.165) is 24.2 Å². The van der Waals surface area contributed by atoms with Crippen molar-refractivity contribution in [3.8, 4) is 0 Å². The standard InChI is InChI=1S/C24H28F3NO2/c1-4-20-13-18(23(29)30)14-22(17-5-9-19(10-6-17)24(25,26)27)28(20)21-11-7-16(8-12-21)15(2)3/h5-12,15,18,20,22H,4,13-14H2,1-3H3,(H,29,30)/t18-,20-,22?/m1/s1. The SMILES string of the molecule is CC[C@@H]1C[C@@H](C(=O)O)CC(c2ccc(C(F)(F)F)cc2)N1c1ccc(C(C)C)cc1. The molecule has 0 aliphatic carbocycles. The molecule has 2 aromatic carbocycles. The Balaban J connectivity index is 2.02. The van der Waals surface area contributed by atoms with Crippen LogP contribution >= 0.6 is 0 Å². The molecule has 0 saturated carbocycles. The van der Waals surface area contributed by atoms with Crippen molar-refractivity contribution in [3.63, 3.8) is 0 Å². The number of carboxylic acid groups (broad SMARTS) is 1. The first-order valence-electron chi connectivity index (χ1n) is 10.4. The lowest BCUT2D eigenvalue weighted by Gasteiger charge is -2.46. The van der Waals surface area contributed by atoms with Gasteiger partial charge in [-0.25, -0.2) is 0 Å². The topological polar surface area (TPSA) is 40.5 Å². The Hall–Kier alpha value is -2.50. The molecule has 1 saturated heterocycles. The van der Waals surface area contributed by atoms with Gasteiger partial charge in [-0.3, -0.25) is 4.79 Å². The second-order valence-electron chi connectivity index (χ2n) is 8.36. The predicted octanol–water partition coefficient (Wildman–Crippen LogP) is 6.65. The molecule has 1 heterocycles. The monoisotopic (exact) mass is 419 g/mol. The summed E-state index contributed by atoms with van der Waals surface area (Å²) in [6.45, 7) is 6.26. The summed E-state index contributed by atoms with van der Waals surface area (Å²) in [5, 5.41) is 9.65. The van der Waals surface area contributed by atoms with Crippen LogP contribution in [-0.4, -0.2) is 17.1 Å². The van der Waals surface area contributed by atoms with Gasteiger partial charge >= 0.3 is 12.1 Å². The van der Waals surface area contributed by atoms with E-state index in [1.54, 1.807) is 0 Å². The maximum absolute atomic E-state index is 13.0. The van der Waals surface area contributed by atoms with Crippen molar-refractivity contribution in [1.29, 1.82) is 0 Å². The zero-order valence-electron chi connectivity index (χ0n) is 17.5. The average Bonchev–Trinajstić information content (AvgIpc) is 2.72. The Labute approximate surface area is 175 Å². The number of alkyl halides is 3. The maximum Gasteiger partial charge on any atom is 0.416 e. The Morgan fingerprint density at radius 2 is 1.67 bits per heavy atom. The number of carboxylic acids is 1. The van der Waals surface area contributed by atoms with Gasteiger partial charge in [0, 0.05) is 11.7 Å². The van der Waals surface area contributed by atoms with Gasteiger partial charge in [-0.1, -0.05) is 45.0 Å². The van der Waals surface area contributed by atoms with Crippen molar-refractivity contribution in [1.82, 2.24) is 0 Å². The highest BCUT2D eigenvalue weighted by molar-refractivity contribution is 5.71. The van der Waals surface area contributed by atoms with E-state index in [2.05, 4.69) is 30.9 Å². The van der Waals surface area contributed by atoms with Crippen LogP contribution in [0.5, 0.6) is 0 Å². The minimum Gasteiger partial charge on any atom is -0.481 e. The third kappa shape index (κ3) is 4.63. The predicted molar refractivity (Wildman–Crippen MR) is 112 cm³/mol. The van der Waals surface area contributed by atoms with Gasteiger partial charge in [0.2, 0.25) is 0 Å². The number of piperidine rings is 1. The van der Waals surface area contributed by atoms with Crippen molar-refractivity contribution in [2.75, 3.05) is 4.90 Å². The van der Waals surface area contributed by atoms with Crippen LogP contribution in [0.3, 0.4) is 0 Å². The van der Waals surface area contributed by atoms with E-state index in [9.17, 15) is 23.1 Å². The van der Waals surface area contributed by atoms with Crippen molar-refractivity contribution in [3.05, 3.63) is 65.2 Å². The highest BCUT2D eigenvalue weighted by Crippen LogP contribution is 2.42. The Morgan fingerprint density at radius 3 is 2.13 bits per heavy atom. The molecule has 3 atom stereocenters. The first kappa shape index (κ1) is 22.2. The zero-order chi connectivity index (χ0) is 22.1. The van der Waals surface area contributed by atoms with E-state index < -0.39 is 23.6 Å². The van der Waals surface area contributed by atoms with Crippen LogP contribution in [0.4, 0.5) is 18.9 Å². The number of anilines is 1. The van der Waals surface area contributed by atoms with Gasteiger partial charge < -0.3 is 10.0 Å². The second kappa shape index (κ2) is 8.70. The van der Waals surface area contributed by atoms with Gasteiger partial charge in [-0.2, -0.15) is 13.2 Å². The van der Waals surface area contributed by atoms with E-state index in [-0.39, 0.29) is 12.1 Å². The summed E-state index contributed by atoms with van der Waals surface area (Å²) >= 11 is 0. The highest BCUT2D eigenvalue weighted by atomic mass is 19.4. The van der Waals surface area contributed by atoms with E-state index in [1.165, 1.54) is 17.7 Å². The van der Waals surface area contributed by atoms with Crippen LogP contribution < -0.4 is 4.90 Å². The minimum atomic E-state index is -4.40. The third-order valence-electron chi connectivity index (χ3n) is 6.09. The summed E-state index contributed by atoms with van der Waals surface area (Å²) in [6.07, 6.45) is -2.75. The summed E-state index contributed by atoms with van der Waals surface area (Å²) in [5.41, 5.74) is 2.19. The molecule has 1 aliphatic rings. The second-order valence-corrected chi connectivity index (χ2v) is 8.36. The van der Waals surface area contributed by atoms with Gasteiger partial charge in [0.05, 0.1) is 17.5 Å². The van der Waals surface area contributed by atoms with Gasteiger partial charge in [0.15, 0.2) is 0 Å². The number of halogens is 3. The minimum absolute atomic E-state index is 0.00274. The molecule has 1 N–H and O–H groups in total. The fourth-order valence-electron chi connectivity index (χ4n) is 4.35. The molecule has 30 heavy (non-hydrogen) atoms. The molecule has 3 nitrogen and oxygen atoms in total. The summed E-state index contributed by atoms with van der Waals surface area (Å²) < 4.78 is 39.0. The molecule has 0 spiro atoms. The molecular weight excluding hydrogens is 391 g/mol. The first-order chi connectivity index (χ1) is 14.1. The smallest absolute Gasteiger partial charge is 0.416 e. The van der Waals surface area contributed by atoms with E-state index in [0.29, 0.717) is 24.3 Å². The Bertz CT molecular complexity index is 860. The molecule has 2 aromatic rings. The molecular formula is C24H28F3NO2. The number of carbonyl (C=O) groups is 1. The van der Waals surface area contributed by atoms with Crippen molar-refractivity contribution < 1.29 is 23.1 Å². The quantitative estimate of drug-likeness (QED) is 0.590. The first-order valence-corrected chi connectivity index (χ1v) is 10.4. The number of nitrogens with zero attached hydrogens (tertiary/aromatic N) is 1. The normalized spacial score (nSPS) is 22.4. The number of rotatable bonds is 5. The lowest BCUT2D eigenvalue weighted by Crippen LogP contribution is -2.46. The summed E-state index contributed by atoms with van der Waals surface area (Å²) in [5.74, 6) is -0.974. The Kier molecular flexibility index (Phi) is 6.44. The van der Waals surface area contributed by atoms with Crippen molar-refractivity contribution in [2.45, 2.75) is 64.2 Å². The van der Waals surface area contributed by atoms with Gasteiger partial charge in [0.1, 0.15) is 0 Å². The lowest BCUT2D eigenvalue weighted by molar-refractivity contribution is -0.143. The number of hydrogen-bond donors (Lipinski definition) is 1. The van der Waals surface area contributed by atoms with E-state index >= 15 is 0 Å². The molecule has 162 valence electrons. The van der Waals surface area contributed by atoms with E-state index in [1.807, 2.05) is 19.1 Å². The van der Waals surface area contributed by atoms with Crippen LogP contribution in [0.25, 0.3) is 0 Å². The molecule has 1 unspecified atom stereocenters. The highest BCUT2D eigenvalue weighted by Gasteiger charge is 2.39. The maximum atomic E-state index is 13.0.